The molecule has 1 unspecified atom stereocenters. The molecule has 13 heavy (non-hydrogen) atoms. The lowest BCUT2D eigenvalue weighted by Gasteiger charge is -2.32. The van der Waals surface area contributed by atoms with Gasteiger partial charge in [0.25, 0.3) is 0 Å². The van der Waals surface area contributed by atoms with Gasteiger partial charge in [-0.1, -0.05) is 0 Å². The Hall–Kier alpha value is 0.920. The van der Waals surface area contributed by atoms with E-state index in [1.54, 1.807) is 6.26 Å². The van der Waals surface area contributed by atoms with Gasteiger partial charge in [-0.05, 0) is 0 Å². The number of rotatable bonds is 4. The molecule has 4 nitrogen and oxygen atoms in total. The van der Waals surface area contributed by atoms with Crippen LogP contribution >= 0.6 is 23.0 Å². The minimum absolute atomic E-state index is 0.774. The van der Waals surface area contributed by atoms with Crippen LogP contribution < -0.4 is 0 Å². The highest BCUT2D eigenvalue weighted by atomic mass is 127. The van der Waals surface area contributed by atoms with Crippen LogP contribution in [-0.2, 0) is 14.4 Å². The molecule has 1 atom stereocenters. The van der Waals surface area contributed by atoms with E-state index in [1.165, 1.54) is 0 Å². The van der Waals surface area contributed by atoms with E-state index < -0.39 is 11.4 Å². The Morgan fingerprint density at radius 2 is 2.00 bits per heavy atom. The lowest BCUT2D eigenvalue weighted by atomic mass is 10.4. The summed E-state index contributed by atoms with van der Waals surface area (Å²) in [4.78, 5) is 2.34. The van der Waals surface area contributed by atoms with E-state index in [9.17, 15) is 4.55 Å². The number of piperazine rings is 1. The highest BCUT2D eigenvalue weighted by Crippen LogP contribution is 2.05. The van der Waals surface area contributed by atoms with Crippen LogP contribution in [0.25, 0.3) is 0 Å². The van der Waals surface area contributed by atoms with Crippen molar-refractivity contribution in [2.45, 2.75) is 0 Å². The summed E-state index contributed by atoms with van der Waals surface area (Å²) in [5.41, 5.74) is 0. The van der Waals surface area contributed by atoms with Crippen LogP contribution in [0, 0.1) is 0 Å². The molecular formula is C7H15IN2O2S. The van der Waals surface area contributed by atoms with Crippen LogP contribution in [0.4, 0.5) is 0 Å². The van der Waals surface area contributed by atoms with Crippen LogP contribution in [0.3, 0.4) is 0 Å². The van der Waals surface area contributed by atoms with Gasteiger partial charge in [-0.15, -0.1) is 4.31 Å². The molecule has 6 heteroatoms. The van der Waals surface area contributed by atoms with Gasteiger partial charge < -0.3 is 7.62 Å². The summed E-state index contributed by atoms with van der Waals surface area (Å²) in [7, 11) is 0. The number of hydrogen-bond acceptors (Lipinski definition) is 4. The molecule has 0 aliphatic carbocycles. The maximum Gasteiger partial charge on any atom is 0.115 e. The summed E-state index contributed by atoms with van der Waals surface area (Å²) in [6, 6.07) is 0. The Labute approximate surface area is 96.6 Å². The number of nitrogens with zero attached hydrogens (tertiary/aromatic N) is 2. The summed E-state index contributed by atoms with van der Waals surface area (Å²) in [6.45, 7) is 5.57. The minimum Gasteiger partial charge on any atom is -0.598 e. The second-order valence-corrected chi connectivity index (χ2v) is 4.99. The van der Waals surface area contributed by atoms with E-state index in [-0.39, 0.29) is 0 Å². The molecule has 0 N–H and O–H groups in total. The molecule has 1 aliphatic rings. The Bertz CT molecular complexity index is 142. The molecule has 1 aliphatic heterocycles. The minimum atomic E-state index is -0.799. The first-order valence-corrected chi connectivity index (χ1v) is 6.68. The first-order valence-electron chi connectivity index (χ1n) is 4.28. The van der Waals surface area contributed by atoms with Gasteiger partial charge in [0.15, 0.2) is 0 Å². The van der Waals surface area contributed by atoms with Gasteiger partial charge in [0, 0.05) is 31.0 Å². The van der Waals surface area contributed by atoms with Gasteiger partial charge in [0.1, 0.15) is 29.3 Å². The standard InChI is InChI=1S/C7H15IN2O2S/c1-13(11)10-4-2-9(3-5-10)6-7-12-8/h2-7H2,1H3. The van der Waals surface area contributed by atoms with Gasteiger partial charge in [0.2, 0.25) is 0 Å². The molecule has 0 aromatic rings. The van der Waals surface area contributed by atoms with Crippen molar-refractivity contribution in [3.8, 4) is 0 Å². The first kappa shape index (κ1) is 12.0. The van der Waals surface area contributed by atoms with E-state index in [2.05, 4.69) is 4.90 Å². The van der Waals surface area contributed by atoms with Gasteiger partial charge in [-0.25, -0.2) is 0 Å². The molecule has 1 heterocycles. The Balaban J connectivity index is 2.15. The second-order valence-electron chi connectivity index (χ2n) is 3.01. The lowest BCUT2D eigenvalue weighted by Crippen LogP contribution is -2.48. The molecule has 0 bridgehead atoms. The third kappa shape index (κ3) is 4.30. The molecule has 0 aromatic heterocycles. The largest absolute Gasteiger partial charge is 0.598 e. The van der Waals surface area contributed by atoms with Gasteiger partial charge in [-0.2, -0.15) is 0 Å². The molecule has 1 saturated heterocycles. The topological polar surface area (TPSA) is 38.8 Å². The van der Waals surface area contributed by atoms with Crippen LogP contribution in [0.2, 0.25) is 0 Å². The smallest absolute Gasteiger partial charge is 0.115 e. The van der Waals surface area contributed by atoms with Crippen LogP contribution in [-0.4, -0.2) is 59.3 Å². The van der Waals surface area contributed by atoms with Crippen molar-refractivity contribution in [2.24, 2.45) is 0 Å². The average molecular weight is 318 g/mol. The fourth-order valence-corrected chi connectivity index (χ4v) is 2.25. The van der Waals surface area contributed by atoms with Crippen LogP contribution in [0.15, 0.2) is 0 Å². The van der Waals surface area contributed by atoms with Crippen molar-refractivity contribution in [3.05, 3.63) is 0 Å². The predicted molar refractivity (Wildman–Crippen MR) is 62.1 cm³/mol. The predicted octanol–water partition coefficient (Wildman–Crippen LogP) is 0.264. The maximum atomic E-state index is 11.1. The van der Waals surface area contributed by atoms with Gasteiger partial charge >= 0.3 is 0 Å². The third-order valence-corrected chi connectivity index (χ3v) is 3.71. The normalized spacial score (nSPS) is 23.3. The molecule has 0 radical (unpaired) electrons. The zero-order valence-electron chi connectivity index (χ0n) is 7.74. The summed E-state index contributed by atoms with van der Waals surface area (Å²) in [5.74, 6) is 0. The summed E-state index contributed by atoms with van der Waals surface area (Å²) < 4.78 is 18.1. The van der Waals surface area contributed by atoms with E-state index >= 15 is 0 Å². The summed E-state index contributed by atoms with van der Waals surface area (Å²) in [5, 5.41) is 0. The molecular weight excluding hydrogens is 303 g/mol. The average Bonchev–Trinajstić information content (AvgIpc) is 2.15. The Morgan fingerprint density at radius 3 is 2.46 bits per heavy atom. The SMILES string of the molecule is C[S+]([O-])N1CCN(CCOI)CC1. The van der Waals surface area contributed by atoms with Crippen molar-refractivity contribution < 1.29 is 7.62 Å². The third-order valence-electron chi connectivity index (χ3n) is 2.18. The highest BCUT2D eigenvalue weighted by molar-refractivity contribution is 14.1. The van der Waals surface area contributed by atoms with E-state index in [1.807, 2.05) is 27.3 Å². The summed E-state index contributed by atoms with van der Waals surface area (Å²) in [6.07, 6.45) is 1.74. The highest BCUT2D eigenvalue weighted by Gasteiger charge is 2.22. The van der Waals surface area contributed by atoms with Crippen LogP contribution in [0.1, 0.15) is 0 Å². The second kappa shape index (κ2) is 6.41. The molecule has 1 fully saturated rings. The van der Waals surface area contributed by atoms with Crippen molar-refractivity contribution in [1.82, 2.24) is 9.21 Å². The van der Waals surface area contributed by atoms with E-state index in [4.69, 9.17) is 3.07 Å². The molecule has 0 saturated carbocycles. The Kier molecular flexibility index (Phi) is 5.92. The van der Waals surface area contributed by atoms with E-state index in [0.29, 0.717) is 0 Å². The van der Waals surface area contributed by atoms with E-state index in [0.717, 1.165) is 39.3 Å². The fourth-order valence-electron chi connectivity index (χ4n) is 1.37. The van der Waals surface area contributed by atoms with Crippen molar-refractivity contribution in [2.75, 3.05) is 45.6 Å². The molecule has 0 aromatic carbocycles. The van der Waals surface area contributed by atoms with Gasteiger partial charge in [-0.3, -0.25) is 4.90 Å². The van der Waals surface area contributed by atoms with Gasteiger partial charge in [0.05, 0.1) is 19.7 Å². The molecule has 0 amide bonds. The zero-order chi connectivity index (χ0) is 9.68. The lowest BCUT2D eigenvalue weighted by molar-refractivity contribution is 0.172. The monoisotopic (exact) mass is 318 g/mol. The zero-order valence-corrected chi connectivity index (χ0v) is 10.7. The van der Waals surface area contributed by atoms with Crippen molar-refractivity contribution >= 4 is 34.4 Å². The Morgan fingerprint density at radius 1 is 1.38 bits per heavy atom. The maximum absolute atomic E-state index is 11.1. The van der Waals surface area contributed by atoms with Crippen LogP contribution in [0.5, 0.6) is 0 Å². The molecule has 0 spiro atoms. The van der Waals surface area contributed by atoms with Crippen molar-refractivity contribution in [3.63, 3.8) is 0 Å². The quantitative estimate of drug-likeness (QED) is 0.551. The summed E-state index contributed by atoms with van der Waals surface area (Å²) >= 11 is 1.11. The molecule has 78 valence electrons. The number of hydrogen-bond donors (Lipinski definition) is 0. The van der Waals surface area contributed by atoms with Crippen molar-refractivity contribution in [1.29, 1.82) is 0 Å². The fraction of sp³-hybridized carbons (Fsp3) is 1.00. The molecule has 1 rings (SSSR count). The first-order chi connectivity index (χ1) is 6.24. The number of halogens is 1.